The normalized spacial score (nSPS) is 20.7. The van der Waals surface area contributed by atoms with Crippen molar-refractivity contribution >= 4 is 23.4 Å². The van der Waals surface area contributed by atoms with Crippen molar-refractivity contribution in [3.63, 3.8) is 0 Å². The number of hydrogen-bond donors (Lipinski definition) is 0. The quantitative estimate of drug-likeness (QED) is 0.721. The summed E-state index contributed by atoms with van der Waals surface area (Å²) >= 11 is 0. The molecule has 33 heavy (non-hydrogen) atoms. The molecule has 3 aliphatic heterocycles. The van der Waals surface area contributed by atoms with E-state index in [1.165, 1.54) is 5.56 Å². The lowest BCUT2D eigenvalue weighted by atomic mass is 10.1. The molecule has 0 radical (unpaired) electrons. The lowest BCUT2D eigenvalue weighted by Gasteiger charge is -2.37. The Morgan fingerprint density at radius 2 is 1.55 bits per heavy atom. The van der Waals surface area contributed by atoms with E-state index in [4.69, 9.17) is 0 Å². The smallest absolute Gasteiger partial charge is 0.254 e. The number of anilines is 1. The van der Waals surface area contributed by atoms with Crippen LogP contribution in [0.2, 0.25) is 0 Å². The third-order valence-corrected chi connectivity index (χ3v) is 7.05. The molecular formula is C26H30N4O3. The van der Waals surface area contributed by atoms with E-state index in [0.29, 0.717) is 51.3 Å². The molecule has 0 bridgehead atoms. The molecule has 3 heterocycles. The zero-order valence-electron chi connectivity index (χ0n) is 18.9. The number of para-hydroxylation sites is 1. The van der Waals surface area contributed by atoms with Crippen LogP contribution in [0.25, 0.3) is 0 Å². The van der Waals surface area contributed by atoms with Crippen LogP contribution in [0.5, 0.6) is 0 Å². The number of nitrogens with zero attached hydrogens (tertiary/aromatic N) is 4. The standard InChI is InChI=1S/C26H30N4O3/c31-24(29-14-12-20-7-4-5-10-22(20)29)19-27-15-17-28(18-16-27)26(33)23-11-6-13-30(23)25(32)21-8-2-1-3-9-21/h1-5,7-10,23H,6,11-19H2. The van der Waals surface area contributed by atoms with Gasteiger partial charge in [0.1, 0.15) is 6.04 Å². The second-order valence-electron chi connectivity index (χ2n) is 9.05. The van der Waals surface area contributed by atoms with Crippen LogP contribution < -0.4 is 4.90 Å². The summed E-state index contributed by atoms with van der Waals surface area (Å²) in [7, 11) is 0. The van der Waals surface area contributed by atoms with E-state index in [1.54, 1.807) is 17.0 Å². The Bertz CT molecular complexity index is 1030. The van der Waals surface area contributed by atoms with Crippen molar-refractivity contribution in [2.75, 3.05) is 50.7 Å². The number of carbonyl (C=O) groups is 3. The van der Waals surface area contributed by atoms with E-state index in [1.807, 2.05) is 46.2 Å². The van der Waals surface area contributed by atoms with Crippen LogP contribution in [0.3, 0.4) is 0 Å². The summed E-state index contributed by atoms with van der Waals surface area (Å²) in [4.78, 5) is 46.7. The second-order valence-corrected chi connectivity index (χ2v) is 9.05. The zero-order valence-corrected chi connectivity index (χ0v) is 18.9. The molecule has 3 amide bonds. The first-order valence-corrected chi connectivity index (χ1v) is 11.9. The van der Waals surface area contributed by atoms with Crippen molar-refractivity contribution < 1.29 is 14.4 Å². The van der Waals surface area contributed by atoms with Gasteiger partial charge in [-0.1, -0.05) is 36.4 Å². The Morgan fingerprint density at radius 1 is 0.818 bits per heavy atom. The van der Waals surface area contributed by atoms with Gasteiger partial charge in [-0.3, -0.25) is 19.3 Å². The third-order valence-electron chi connectivity index (χ3n) is 7.05. The predicted molar refractivity (Wildman–Crippen MR) is 126 cm³/mol. The SMILES string of the molecule is O=C(C1CCCN1C(=O)c1ccccc1)N1CCN(CC(=O)N2CCc3ccccc32)CC1. The summed E-state index contributed by atoms with van der Waals surface area (Å²) in [5.74, 6) is 0.0907. The molecule has 2 fully saturated rings. The van der Waals surface area contributed by atoms with Crippen LogP contribution >= 0.6 is 0 Å². The van der Waals surface area contributed by atoms with E-state index >= 15 is 0 Å². The fourth-order valence-electron chi connectivity index (χ4n) is 5.22. The molecule has 7 nitrogen and oxygen atoms in total. The van der Waals surface area contributed by atoms with Gasteiger partial charge in [-0.2, -0.15) is 0 Å². The highest BCUT2D eigenvalue weighted by Crippen LogP contribution is 2.28. The minimum Gasteiger partial charge on any atom is -0.338 e. The van der Waals surface area contributed by atoms with E-state index in [2.05, 4.69) is 11.0 Å². The molecule has 7 heteroatoms. The average molecular weight is 447 g/mol. The van der Waals surface area contributed by atoms with Crippen molar-refractivity contribution in [1.29, 1.82) is 0 Å². The lowest BCUT2D eigenvalue weighted by molar-refractivity contribution is -0.137. The van der Waals surface area contributed by atoms with E-state index in [0.717, 1.165) is 25.1 Å². The minimum absolute atomic E-state index is 0.0382. The van der Waals surface area contributed by atoms with Crippen LogP contribution in [0, 0.1) is 0 Å². The largest absolute Gasteiger partial charge is 0.338 e. The molecule has 0 aromatic heterocycles. The van der Waals surface area contributed by atoms with E-state index in [-0.39, 0.29) is 23.8 Å². The highest BCUT2D eigenvalue weighted by Gasteiger charge is 2.38. The van der Waals surface area contributed by atoms with Crippen molar-refractivity contribution in [2.24, 2.45) is 0 Å². The van der Waals surface area contributed by atoms with Gasteiger partial charge < -0.3 is 14.7 Å². The Kier molecular flexibility index (Phi) is 6.13. The van der Waals surface area contributed by atoms with Crippen LogP contribution in [0.4, 0.5) is 5.69 Å². The summed E-state index contributed by atoms with van der Waals surface area (Å²) in [5, 5.41) is 0. The summed E-state index contributed by atoms with van der Waals surface area (Å²) in [5.41, 5.74) is 2.89. The Balaban J connectivity index is 1.15. The number of carbonyl (C=O) groups excluding carboxylic acids is 3. The second kappa shape index (κ2) is 9.35. The van der Waals surface area contributed by atoms with Crippen LogP contribution in [0.15, 0.2) is 54.6 Å². The summed E-state index contributed by atoms with van der Waals surface area (Å²) in [6.45, 7) is 4.26. The predicted octanol–water partition coefficient (Wildman–Crippen LogP) is 2.02. The third kappa shape index (κ3) is 4.37. The summed E-state index contributed by atoms with van der Waals surface area (Å²) < 4.78 is 0. The van der Waals surface area contributed by atoms with E-state index < -0.39 is 0 Å². The number of fused-ring (bicyclic) bond motifs is 1. The van der Waals surface area contributed by atoms with Gasteiger partial charge in [0.05, 0.1) is 6.54 Å². The van der Waals surface area contributed by atoms with Gasteiger partial charge >= 0.3 is 0 Å². The fourth-order valence-corrected chi connectivity index (χ4v) is 5.22. The van der Waals surface area contributed by atoms with Crippen molar-refractivity contribution in [3.05, 3.63) is 65.7 Å². The van der Waals surface area contributed by atoms with Crippen LogP contribution in [-0.4, -0.2) is 84.3 Å². The number of rotatable bonds is 4. The number of hydrogen-bond acceptors (Lipinski definition) is 4. The molecule has 0 spiro atoms. The molecule has 2 aromatic carbocycles. The van der Waals surface area contributed by atoms with Gasteiger partial charge in [-0.15, -0.1) is 0 Å². The van der Waals surface area contributed by atoms with Gasteiger partial charge in [-0.05, 0) is 43.0 Å². The first kappa shape index (κ1) is 21.6. The van der Waals surface area contributed by atoms with E-state index in [9.17, 15) is 14.4 Å². The highest BCUT2D eigenvalue weighted by molar-refractivity contribution is 5.98. The van der Waals surface area contributed by atoms with Gasteiger partial charge in [0, 0.05) is 50.5 Å². The van der Waals surface area contributed by atoms with Crippen molar-refractivity contribution in [3.8, 4) is 0 Å². The van der Waals surface area contributed by atoms with Gasteiger partial charge in [0.2, 0.25) is 11.8 Å². The molecule has 0 aliphatic carbocycles. The maximum atomic E-state index is 13.3. The molecule has 0 N–H and O–H groups in total. The average Bonchev–Trinajstić information content (AvgIpc) is 3.52. The van der Waals surface area contributed by atoms with Gasteiger partial charge in [0.15, 0.2) is 0 Å². The number of piperazine rings is 1. The summed E-state index contributed by atoms with van der Waals surface area (Å²) in [6.07, 6.45) is 2.47. The monoisotopic (exact) mass is 446 g/mol. The molecule has 1 unspecified atom stereocenters. The minimum atomic E-state index is -0.382. The van der Waals surface area contributed by atoms with Crippen molar-refractivity contribution in [2.45, 2.75) is 25.3 Å². The Labute approximate surface area is 194 Å². The Hall–Kier alpha value is -3.19. The number of amides is 3. The Morgan fingerprint density at radius 3 is 2.33 bits per heavy atom. The lowest BCUT2D eigenvalue weighted by Crippen LogP contribution is -2.55. The van der Waals surface area contributed by atoms with Crippen LogP contribution in [-0.2, 0) is 16.0 Å². The first-order chi connectivity index (χ1) is 16.1. The van der Waals surface area contributed by atoms with Crippen molar-refractivity contribution in [1.82, 2.24) is 14.7 Å². The molecule has 1 atom stereocenters. The topological polar surface area (TPSA) is 64.2 Å². The first-order valence-electron chi connectivity index (χ1n) is 11.9. The molecule has 3 aliphatic rings. The molecule has 2 saturated heterocycles. The molecule has 2 aromatic rings. The maximum Gasteiger partial charge on any atom is 0.254 e. The number of likely N-dealkylation sites (tertiary alicyclic amines) is 1. The molecule has 172 valence electrons. The van der Waals surface area contributed by atoms with Crippen LogP contribution in [0.1, 0.15) is 28.8 Å². The highest BCUT2D eigenvalue weighted by atomic mass is 16.2. The molecule has 5 rings (SSSR count). The maximum absolute atomic E-state index is 13.3. The summed E-state index contributed by atoms with van der Waals surface area (Å²) in [6, 6.07) is 16.9. The number of benzene rings is 2. The molecule has 0 saturated carbocycles. The fraction of sp³-hybridized carbons (Fsp3) is 0.423. The van der Waals surface area contributed by atoms with Gasteiger partial charge in [-0.25, -0.2) is 0 Å². The van der Waals surface area contributed by atoms with Gasteiger partial charge in [0.25, 0.3) is 5.91 Å². The zero-order chi connectivity index (χ0) is 22.8. The molecular weight excluding hydrogens is 416 g/mol.